The fraction of sp³-hybridized carbons (Fsp3) is 0.316. The molecule has 6 heteroatoms. The second-order valence-electron chi connectivity index (χ2n) is 6.08. The molecule has 1 N–H and O–H groups in total. The summed E-state index contributed by atoms with van der Waals surface area (Å²) in [4.78, 5) is 15.0. The molecule has 25 heavy (non-hydrogen) atoms. The fourth-order valence-electron chi connectivity index (χ4n) is 2.92. The van der Waals surface area contributed by atoms with Crippen LogP contribution in [0.5, 0.6) is 0 Å². The number of nitrogens with zero attached hydrogens (tertiary/aromatic N) is 1. The summed E-state index contributed by atoms with van der Waals surface area (Å²) < 4.78 is 27.6. The first kappa shape index (κ1) is 17.9. The first-order valence-electron chi connectivity index (χ1n) is 8.20. The molecule has 0 saturated carbocycles. The highest BCUT2D eigenvalue weighted by atomic mass is 32.2. The summed E-state index contributed by atoms with van der Waals surface area (Å²) in [5, 5.41) is 2.62. The van der Waals surface area contributed by atoms with Crippen molar-refractivity contribution in [3.05, 3.63) is 65.7 Å². The molecule has 2 atom stereocenters. The Hall–Kier alpha value is -1.92. The van der Waals surface area contributed by atoms with Crippen molar-refractivity contribution in [2.24, 2.45) is 0 Å². The number of thioether (sulfide) groups is 1. The number of amides is 1. The zero-order valence-electron chi connectivity index (χ0n) is 13.9. The van der Waals surface area contributed by atoms with E-state index < -0.39 is 16.9 Å². The van der Waals surface area contributed by atoms with Crippen LogP contribution in [0.25, 0.3) is 0 Å². The average Bonchev–Trinajstić information content (AvgIpc) is 3.16. The molecule has 0 bridgehead atoms. The number of halogens is 2. The monoisotopic (exact) mass is 362 g/mol. The average molecular weight is 362 g/mol. The summed E-state index contributed by atoms with van der Waals surface area (Å²) in [6.45, 7) is 1.63. The summed E-state index contributed by atoms with van der Waals surface area (Å²) >= 11 is 1.05. The van der Waals surface area contributed by atoms with Gasteiger partial charge in [0.05, 0.1) is 0 Å². The molecule has 1 fully saturated rings. The minimum Gasteiger partial charge on any atom is -0.340 e. The van der Waals surface area contributed by atoms with Gasteiger partial charge in [-0.1, -0.05) is 30.3 Å². The van der Waals surface area contributed by atoms with Crippen molar-refractivity contribution in [3.63, 3.8) is 0 Å². The van der Waals surface area contributed by atoms with Crippen LogP contribution >= 0.6 is 11.8 Å². The SMILES string of the molecule is CN(C(=O)C(Sc1cc(F)ccc1F)c1ccccc1)C1CCNC1. The van der Waals surface area contributed by atoms with Gasteiger partial charge in [-0.2, -0.15) is 0 Å². The van der Waals surface area contributed by atoms with E-state index in [2.05, 4.69) is 5.32 Å². The zero-order chi connectivity index (χ0) is 17.8. The maximum absolute atomic E-state index is 14.1. The standard InChI is InChI=1S/C19H20F2N2OS/c1-23(15-9-10-22-12-15)19(24)18(13-5-3-2-4-6-13)25-17-11-14(20)7-8-16(17)21/h2-8,11,15,18,22H,9-10,12H2,1H3. The molecule has 0 aromatic heterocycles. The lowest BCUT2D eigenvalue weighted by atomic mass is 10.1. The van der Waals surface area contributed by atoms with Gasteiger partial charge in [0.15, 0.2) is 0 Å². The first-order valence-corrected chi connectivity index (χ1v) is 9.08. The molecule has 2 unspecified atom stereocenters. The van der Waals surface area contributed by atoms with Gasteiger partial charge in [0.25, 0.3) is 0 Å². The van der Waals surface area contributed by atoms with Crippen molar-refractivity contribution in [3.8, 4) is 0 Å². The lowest BCUT2D eigenvalue weighted by molar-refractivity contribution is -0.131. The Morgan fingerprint density at radius 3 is 2.68 bits per heavy atom. The number of hydrogen-bond donors (Lipinski definition) is 1. The number of nitrogens with one attached hydrogen (secondary N) is 1. The molecule has 2 aromatic rings. The highest BCUT2D eigenvalue weighted by Crippen LogP contribution is 2.38. The number of benzene rings is 2. The van der Waals surface area contributed by atoms with E-state index in [9.17, 15) is 13.6 Å². The molecule has 2 aromatic carbocycles. The quantitative estimate of drug-likeness (QED) is 0.825. The number of likely N-dealkylation sites (N-methyl/N-ethyl adjacent to an activating group) is 1. The topological polar surface area (TPSA) is 32.3 Å². The van der Waals surface area contributed by atoms with E-state index in [1.54, 1.807) is 11.9 Å². The van der Waals surface area contributed by atoms with Gasteiger partial charge >= 0.3 is 0 Å². The predicted molar refractivity (Wildman–Crippen MR) is 95.4 cm³/mol. The molecular weight excluding hydrogens is 342 g/mol. The minimum atomic E-state index is -0.622. The molecule has 0 aliphatic carbocycles. The van der Waals surface area contributed by atoms with Crippen molar-refractivity contribution in [2.45, 2.75) is 22.6 Å². The summed E-state index contributed by atoms with van der Waals surface area (Å²) in [7, 11) is 1.78. The lowest BCUT2D eigenvalue weighted by Crippen LogP contribution is -2.40. The highest BCUT2D eigenvalue weighted by Gasteiger charge is 2.31. The van der Waals surface area contributed by atoms with Gasteiger partial charge in [0, 0.05) is 24.5 Å². The van der Waals surface area contributed by atoms with Crippen LogP contribution in [0.15, 0.2) is 53.4 Å². The van der Waals surface area contributed by atoms with Crippen LogP contribution in [0.2, 0.25) is 0 Å². The van der Waals surface area contributed by atoms with Crippen molar-refractivity contribution in [1.29, 1.82) is 0 Å². The molecule has 1 aliphatic heterocycles. The van der Waals surface area contributed by atoms with E-state index in [0.717, 1.165) is 55.0 Å². The molecule has 3 nitrogen and oxygen atoms in total. The number of rotatable bonds is 5. The molecule has 0 spiro atoms. The molecule has 1 heterocycles. The minimum absolute atomic E-state index is 0.103. The lowest BCUT2D eigenvalue weighted by Gasteiger charge is -2.28. The van der Waals surface area contributed by atoms with Crippen LogP contribution in [0, 0.1) is 11.6 Å². The Kier molecular flexibility index (Phi) is 5.71. The largest absolute Gasteiger partial charge is 0.340 e. The van der Waals surface area contributed by atoms with Gasteiger partial charge in [-0.15, -0.1) is 11.8 Å². The number of carbonyl (C=O) groups excluding carboxylic acids is 1. The summed E-state index contributed by atoms with van der Waals surface area (Å²) in [5.74, 6) is -1.14. The normalized spacial score (nSPS) is 18.1. The number of carbonyl (C=O) groups is 1. The summed E-state index contributed by atoms with van der Waals surface area (Å²) in [6.07, 6.45) is 0.892. The Balaban J connectivity index is 1.89. The Bertz CT molecular complexity index is 735. The zero-order valence-corrected chi connectivity index (χ0v) is 14.7. The Morgan fingerprint density at radius 2 is 2.00 bits per heavy atom. The van der Waals surface area contributed by atoms with Crippen LogP contribution < -0.4 is 5.32 Å². The first-order chi connectivity index (χ1) is 12.1. The van der Waals surface area contributed by atoms with Gasteiger partial charge in [-0.25, -0.2) is 8.78 Å². The highest BCUT2D eigenvalue weighted by molar-refractivity contribution is 8.00. The van der Waals surface area contributed by atoms with Gasteiger partial charge in [-0.05, 0) is 36.7 Å². The van der Waals surface area contributed by atoms with Crippen LogP contribution in [-0.4, -0.2) is 37.0 Å². The maximum atomic E-state index is 14.1. The molecule has 132 valence electrons. The molecule has 1 amide bonds. The van der Waals surface area contributed by atoms with Gasteiger partial charge in [0.1, 0.15) is 16.9 Å². The Morgan fingerprint density at radius 1 is 1.24 bits per heavy atom. The van der Waals surface area contributed by atoms with E-state index in [4.69, 9.17) is 0 Å². The van der Waals surface area contributed by atoms with E-state index in [0.29, 0.717) is 0 Å². The third kappa shape index (κ3) is 4.19. The van der Waals surface area contributed by atoms with Crippen molar-refractivity contribution >= 4 is 17.7 Å². The summed E-state index contributed by atoms with van der Waals surface area (Å²) in [6, 6.07) is 12.7. The van der Waals surface area contributed by atoms with Crippen LogP contribution in [-0.2, 0) is 4.79 Å². The van der Waals surface area contributed by atoms with Crippen LogP contribution in [0.1, 0.15) is 17.2 Å². The summed E-state index contributed by atoms with van der Waals surface area (Å²) in [5.41, 5.74) is 0.777. The number of hydrogen-bond acceptors (Lipinski definition) is 3. The molecular formula is C19H20F2N2OS. The Labute approximate surface area is 150 Å². The predicted octanol–water partition coefficient (Wildman–Crippen LogP) is 3.62. The third-order valence-electron chi connectivity index (χ3n) is 4.39. The smallest absolute Gasteiger partial charge is 0.240 e. The maximum Gasteiger partial charge on any atom is 0.240 e. The van der Waals surface area contributed by atoms with Gasteiger partial charge in [-0.3, -0.25) is 4.79 Å². The van der Waals surface area contributed by atoms with Gasteiger partial charge in [0.2, 0.25) is 5.91 Å². The molecule has 1 saturated heterocycles. The second-order valence-corrected chi connectivity index (χ2v) is 7.23. The van der Waals surface area contributed by atoms with E-state index in [-0.39, 0.29) is 16.8 Å². The van der Waals surface area contributed by atoms with Crippen molar-refractivity contribution < 1.29 is 13.6 Å². The molecule has 1 aliphatic rings. The van der Waals surface area contributed by atoms with E-state index in [1.807, 2.05) is 30.3 Å². The van der Waals surface area contributed by atoms with E-state index >= 15 is 0 Å². The van der Waals surface area contributed by atoms with Crippen LogP contribution in [0.4, 0.5) is 8.78 Å². The third-order valence-corrected chi connectivity index (χ3v) is 5.67. The molecule has 3 rings (SSSR count). The molecule has 0 radical (unpaired) electrons. The fourth-order valence-corrected chi connectivity index (χ4v) is 4.09. The second kappa shape index (κ2) is 7.97. The van der Waals surface area contributed by atoms with E-state index in [1.165, 1.54) is 0 Å². The van der Waals surface area contributed by atoms with Crippen LogP contribution in [0.3, 0.4) is 0 Å². The van der Waals surface area contributed by atoms with Gasteiger partial charge < -0.3 is 10.2 Å². The van der Waals surface area contributed by atoms with Crippen molar-refractivity contribution in [2.75, 3.05) is 20.1 Å². The van der Waals surface area contributed by atoms with Crippen molar-refractivity contribution in [1.82, 2.24) is 10.2 Å².